The molecule has 2 heterocycles. The Kier molecular flexibility index (Phi) is 4.88. The van der Waals surface area contributed by atoms with Crippen molar-refractivity contribution in [3.8, 4) is 11.1 Å². The number of primary amides is 1. The Morgan fingerprint density at radius 3 is 2.35 bits per heavy atom. The summed E-state index contributed by atoms with van der Waals surface area (Å²) in [5.41, 5.74) is 9.80. The highest BCUT2D eigenvalue weighted by Gasteiger charge is 2.21. The lowest BCUT2D eigenvalue weighted by Gasteiger charge is -2.15. The van der Waals surface area contributed by atoms with Gasteiger partial charge in [-0.05, 0) is 66.4 Å². The number of nitrogens with two attached hydrogens (primary N) is 1. The van der Waals surface area contributed by atoms with Crippen molar-refractivity contribution in [1.29, 1.82) is 0 Å². The normalized spacial score (nSPS) is 13.9. The number of fused-ring (bicyclic) bond motifs is 3. The Morgan fingerprint density at radius 2 is 1.65 bits per heavy atom. The van der Waals surface area contributed by atoms with Crippen molar-refractivity contribution in [1.82, 2.24) is 9.88 Å². The molecule has 1 fully saturated rings. The number of rotatable bonds is 3. The monoisotopic (exact) mass is 451 g/mol. The van der Waals surface area contributed by atoms with E-state index in [0.717, 1.165) is 53.3 Å². The number of halogens is 2. The minimum absolute atomic E-state index is 0.0320. The Hall–Kier alpha value is -3.02. The molecule has 156 valence electrons. The molecule has 1 saturated heterocycles. The molecule has 5 nitrogen and oxygen atoms in total. The average molecular weight is 452 g/mol. The molecule has 0 atom stereocenters. The van der Waals surface area contributed by atoms with Crippen molar-refractivity contribution >= 4 is 56.8 Å². The van der Waals surface area contributed by atoms with Crippen molar-refractivity contribution in [2.45, 2.75) is 12.8 Å². The first-order chi connectivity index (χ1) is 14.9. The second-order valence-corrected chi connectivity index (χ2v) is 8.64. The van der Waals surface area contributed by atoms with Gasteiger partial charge < -0.3 is 15.6 Å². The minimum atomic E-state index is -0.535. The van der Waals surface area contributed by atoms with Gasteiger partial charge >= 0.3 is 0 Å². The van der Waals surface area contributed by atoms with Crippen LogP contribution in [-0.2, 0) is 0 Å². The van der Waals surface area contributed by atoms with Crippen molar-refractivity contribution in [2.24, 2.45) is 5.73 Å². The number of aromatic nitrogens is 1. The number of aromatic amines is 1. The lowest BCUT2D eigenvalue weighted by Crippen LogP contribution is -2.27. The van der Waals surface area contributed by atoms with Crippen LogP contribution >= 0.6 is 23.2 Å². The first-order valence-corrected chi connectivity index (χ1v) is 10.8. The molecule has 0 unspecified atom stereocenters. The SMILES string of the molecule is NC(=O)c1cc(-c2ccc(Cl)c(Cl)c2)cc2c1[nH]c1ccc(C(=O)N3CCCC3)cc12. The molecule has 1 aliphatic rings. The van der Waals surface area contributed by atoms with Gasteiger partial charge in [-0.1, -0.05) is 29.3 Å². The van der Waals surface area contributed by atoms with E-state index in [2.05, 4.69) is 4.98 Å². The zero-order valence-corrected chi connectivity index (χ0v) is 18.1. The van der Waals surface area contributed by atoms with E-state index < -0.39 is 5.91 Å². The summed E-state index contributed by atoms with van der Waals surface area (Å²) in [5.74, 6) is -0.503. The van der Waals surface area contributed by atoms with Crippen LogP contribution in [0.25, 0.3) is 32.9 Å². The number of amides is 2. The average Bonchev–Trinajstić information content (AvgIpc) is 3.42. The van der Waals surface area contributed by atoms with E-state index in [1.54, 1.807) is 18.2 Å². The third-order valence-corrected chi connectivity index (χ3v) is 6.61. The molecule has 4 aromatic rings. The Bertz CT molecular complexity index is 1370. The van der Waals surface area contributed by atoms with Crippen LogP contribution < -0.4 is 5.73 Å². The van der Waals surface area contributed by atoms with Crippen LogP contribution in [0.1, 0.15) is 33.6 Å². The summed E-state index contributed by atoms with van der Waals surface area (Å²) in [6.45, 7) is 1.58. The van der Waals surface area contributed by atoms with E-state index in [4.69, 9.17) is 28.9 Å². The minimum Gasteiger partial charge on any atom is -0.366 e. The van der Waals surface area contributed by atoms with E-state index in [9.17, 15) is 9.59 Å². The summed E-state index contributed by atoms with van der Waals surface area (Å²) >= 11 is 12.3. The Labute approximate surface area is 188 Å². The molecular formula is C24H19Cl2N3O2. The lowest BCUT2D eigenvalue weighted by molar-refractivity contribution is 0.0792. The first-order valence-electron chi connectivity index (χ1n) is 10.1. The summed E-state index contributed by atoms with van der Waals surface area (Å²) in [6.07, 6.45) is 2.08. The second-order valence-electron chi connectivity index (χ2n) is 7.82. The number of nitrogens with one attached hydrogen (secondary N) is 1. The summed E-state index contributed by atoms with van der Waals surface area (Å²) < 4.78 is 0. The fourth-order valence-corrected chi connectivity index (χ4v) is 4.57. The Morgan fingerprint density at radius 1 is 0.871 bits per heavy atom. The molecule has 0 radical (unpaired) electrons. The zero-order chi connectivity index (χ0) is 21.7. The quantitative estimate of drug-likeness (QED) is 0.423. The third-order valence-electron chi connectivity index (χ3n) is 5.87. The van der Waals surface area contributed by atoms with Crippen LogP contribution in [0.4, 0.5) is 0 Å². The van der Waals surface area contributed by atoms with E-state index in [-0.39, 0.29) is 5.91 Å². The largest absolute Gasteiger partial charge is 0.366 e. The molecule has 3 N–H and O–H groups in total. The molecule has 0 bridgehead atoms. The fourth-order valence-electron chi connectivity index (χ4n) is 4.27. The van der Waals surface area contributed by atoms with Crippen molar-refractivity contribution in [3.05, 3.63) is 69.7 Å². The van der Waals surface area contributed by atoms with E-state index in [1.165, 1.54) is 0 Å². The van der Waals surface area contributed by atoms with Gasteiger partial charge in [-0.15, -0.1) is 0 Å². The number of likely N-dealkylation sites (tertiary alicyclic amines) is 1. The predicted molar refractivity (Wildman–Crippen MR) is 125 cm³/mol. The van der Waals surface area contributed by atoms with Gasteiger partial charge in [0.05, 0.1) is 21.1 Å². The van der Waals surface area contributed by atoms with Crippen molar-refractivity contribution < 1.29 is 9.59 Å². The van der Waals surface area contributed by atoms with E-state index in [0.29, 0.717) is 26.7 Å². The van der Waals surface area contributed by atoms with Gasteiger partial charge in [-0.2, -0.15) is 0 Å². The number of hydrogen-bond donors (Lipinski definition) is 2. The molecule has 31 heavy (non-hydrogen) atoms. The van der Waals surface area contributed by atoms with E-state index >= 15 is 0 Å². The van der Waals surface area contributed by atoms with Gasteiger partial charge in [0.25, 0.3) is 11.8 Å². The fraction of sp³-hybridized carbons (Fsp3) is 0.167. The number of nitrogens with zero attached hydrogens (tertiary/aromatic N) is 1. The van der Waals surface area contributed by atoms with Gasteiger partial charge in [-0.3, -0.25) is 9.59 Å². The molecule has 1 aliphatic heterocycles. The zero-order valence-electron chi connectivity index (χ0n) is 16.5. The molecule has 5 rings (SSSR count). The number of hydrogen-bond acceptors (Lipinski definition) is 2. The van der Waals surface area contributed by atoms with E-state index in [1.807, 2.05) is 35.2 Å². The Balaban J connectivity index is 1.72. The van der Waals surface area contributed by atoms with Gasteiger partial charge in [0, 0.05) is 34.9 Å². The van der Waals surface area contributed by atoms with Crippen molar-refractivity contribution in [2.75, 3.05) is 13.1 Å². The van der Waals surface area contributed by atoms with Crippen LogP contribution in [0.3, 0.4) is 0 Å². The molecule has 2 amide bonds. The second kappa shape index (κ2) is 7.59. The van der Waals surface area contributed by atoms with Crippen LogP contribution in [0, 0.1) is 0 Å². The molecule has 7 heteroatoms. The molecule has 0 saturated carbocycles. The number of benzene rings is 3. The molecule has 0 aliphatic carbocycles. The standard InChI is InChI=1S/C24H19Cl2N3O2/c25-19-5-3-13(12-20(19)26)15-10-17-16-9-14(24(31)29-7-1-2-8-29)4-6-21(16)28-22(17)18(11-15)23(27)30/h3-6,9-12,28H,1-2,7-8H2,(H2,27,30). The summed E-state index contributed by atoms with van der Waals surface area (Å²) in [4.78, 5) is 30.3. The molecular weight excluding hydrogens is 433 g/mol. The molecule has 1 aromatic heterocycles. The van der Waals surface area contributed by atoms with Gasteiger partial charge in [0.15, 0.2) is 0 Å². The van der Waals surface area contributed by atoms with Gasteiger partial charge in [0.2, 0.25) is 0 Å². The van der Waals surface area contributed by atoms with Gasteiger partial charge in [0.1, 0.15) is 0 Å². The highest BCUT2D eigenvalue weighted by Crippen LogP contribution is 2.35. The van der Waals surface area contributed by atoms with Crippen LogP contribution in [0.2, 0.25) is 10.0 Å². The topological polar surface area (TPSA) is 79.2 Å². The maximum Gasteiger partial charge on any atom is 0.253 e. The third kappa shape index (κ3) is 3.44. The lowest BCUT2D eigenvalue weighted by atomic mass is 9.98. The smallest absolute Gasteiger partial charge is 0.253 e. The molecule has 0 spiro atoms. The maximum absolute atomic E-state index is 12.9. The summed E-state index contributed by atoms with van der Waals surface area (Å²) in [7, 11) is 0. The molecule has 3 aromatic carbocycles. The highest BCUT2D eigenvalue weighted by atomic mass is 35.5. The van der Waals surface area contributed by atoms with Gasteiger partial charge in [-0.25, -0.2) is 0 Å². The van der Waals surface area contributed by atoms with Crippen LogP contribution in [0.15, 0.2) is 48.5 Å². The first kappa shape index (κ1) is 19.9. The maximum atomic E-state index is 12.9. The summed E-state index contributed by atoms with van der Waals surface area (Å²) in [5, 5.41) is 2.57. The highest BCUT2D eigenvalue weighted by molar-refractivity contribution is 6.42. The number of carbonyl (C=O) groups is 2. The number of carbonyl (C=O) groups excluding carboxylic acids is 2. The van der Waals surface area contributed by atoms with Crippen LogP contribution in [-0.4, -0.2) is 34.8 Å². The number of H-pyrrole nitrogens is 1. The summed E-state index contributed by atoms with van der Waals surface area (Å²) in [6, 6.07) is 14.6. The van der Waals surface area contributed by atoms with Crippen molar-refractivity contribution in [3.63, 3.8) is 0 Å². The van der Waals surface area contributed by atoms with Crippen LogP contribution in [0.5, 0.6) is 0 Å². The predicted octanol–water partition coefficient (Wildman–Crippen LogP) is 5.63.